The first-order valence-electron chi connectivity index (χ1n) is 12.8. The molecule has 1 atom stereocenters. The van der Waals surface area contributed by atoms with Crippen LogP contribution in [0.2, 0.25) is 0 Å². The van der Waals surface area contributed by atoms with E-state index in [0.717, 1.165) is 20.2 Å². The molecule has 3 aromatic carbocycles. The van der Waals surface area contributed by atoms with Crippen LogP contribution in [0.3, 0.4) is 0 Å². The fourth-order valence-corrected chi connectivity index (χ4v) is 5.23. The summed E-state index contributed by atoms with van der Waals surface area (Å²) >= 11 is 0. The molecule has 0 aliphatic carbocycles. The molecule has 0 saturated carbocycles. The molecule has 2 amide bonds. The number of carbonyl (C=O) groups excluding carboxylic acids is 2. The molecule has 0 heterocycles. The zero-order valence-electron chi connectivity index (χ0n) is 23.1. The Bertz CT molecular complexity index is 1400. The molecule has 0 aromatic heterocycles. The molecule has 11 heteroatoms. The van der Waals surface area contributed by atoms with Gasteiger partial charge >= 0.3 is 10.2 Å². The minimum absolute atomic E-state index is 0.0161. The van der Waals surface area contributed by atoms with Crippen molar-refractivity contribution in [3.8, 4) is 5.75 Å². The predicted molar refractivity (Wildman–Crippen MR) is 153 cm³/mol. The summed E-state index contributed by atoms with van der Waals surface area (Å²) in [6.07, 6.45) is 0.183. The molecule has 0 radical (unpaired) electrons. The lowest BCUT2D eigenvalue weighted by Crippen LogP contribution is -2.54. The molecule has 0 bridgehead atoms. The number of rotatable bonds is 13. The topological polar surface area (TPSA) is 99.3 Å². The zero-order chi connectivity index (χ0) is 29.3. The molecule has 0 aliphatic rings. The van der Waals surface area contributed by atoms with E-state index >= 15 is 0 Å². The van der Waals surface area contributed by atoms with E-state index in [9.17, 15) is 22.4 Å². The fraction of sp³-hybridized carbons (Fsp3) is 0.310. The maximum absolute atomic E-state index is 14.9. The molecule has 214 valence electrons. The van der Waals surface area contributed by atoms with E-state index in [1.807, 2.05) is 30.3 Å². The molecule has 0 fully saturated rings. The van der Waals surface area contributed by atoms with Gasteiger partial charge in [0.25, 0.3) is 0 Å². The number of amides is 2. The van der Waals surface area contributed by atoms with Crippen molar-refractivity contribution >= 4 is 27.7 Å². The maximum atomic E-state index is 14.9. The first-order valence-corrected chi connectivity index (χ1v) is 14.2. The molecular formula is C29H35FN4O5S. The minimum Gasteiger partial charge on any atom is -0.497 e. The number of hydrogen-bond acceptors (Lipinski definition) is 5. The van der Waals surface area contributed by atoms with Gasteiger partial charge in [-0.2, -0.15) is 12.7 Å². The van der Waals surface area contributed by atoms with Crippen molar-refractivity contribution in [3.05, 3.63) is 95.8 Å². The molecule has 0 aliphatic heterocycles. The Balaban J connectivity index is 2.10. The summed E-state index contributed by atoms with van der Waals surface area (Å²) < 4.78 is 48.4. The smallest absolute Gasteiger partial charge is 0.304 e. The van der Waals surface area contributed by atoms with E-state index in [2.05, 4.69) is 5.32 Å². The maximum Gasteiger partial charge on any atom is 0.304 e. The highest BCUT2D eigenvalue weighted by atomic mass is 32.2. The Morgan fingerprint density at radius 2 is 1.60 bits per heavy atom. The Kier molecular flexibility index (Phi) is 10.6. The molecule has 3 rings (SSSR count). The number of nitrogens with zero attached hydrogens (tertiary/aromatic N) is 3. The fourth-order valence-electron chi connectivity index (χ4n) is 4.17. The van der Waals surface area contributed by atoms with Crippen LogP contribution < -0.4 is 14.4 Å². The average Bonchev–Trinajstić information content (AvgIpc) is 2.94. The molecule has 0 saturated heterocycles. The van der Waals surface area contributed by atoms with Crippen LogP contribution in [0.1, 0.15) is 18.1 Å². The second-order valence-corrected chi connectivity index (χ2v) is 11.3. The van der Waals surface area contributed by atoms with Crippen molar-refractivity contribution in [2.24, 2.45) is 0 Å². The first-order chi connectivity index (χ1) is 19.1. The summed E-state index contributed by atoms with van der Waals surface area (Å²) in [5.74, 6) is -1.31. The van der Waals surface area contributed by atoms with Crippen molar-refractivity contribution < 1.29 is 27.1 Å². The third kappa shape index (κ3) is 7.57. The quantitative estimate of drug-likeness (QED) is 0.340. The second kappa shape index (κ2) is 13.9. The highest BCUT2D eigenvalue weighted by Crippen LogP contribution is 2.25. The van der Waals surface area contributed by atoms with E-state index < -0.39 is 40.4 Å². The molecule has 3 aromatic rings. The van der Waals surface area contributed by atoms with Gasteiger partial charge in [-0.05, 0) is 42.3 Å². The lowest BCUT2D eigenvalue weighted by molar-refractivity contribution is -0.140. The summed E-state index contributed by atoms with van der Waals surface area (Å²) in [6.45, 7) is 1.37. The van der Waals surface area contributed by atoms with E-state index in [1.54, 1.807) is 31.2 Å². The number of benzene rings is 3. The Hall–Kier alpha value is -3.96. The summed E-state index contributed by atoms with van der Waals surface area (Å²) in [5.41, 5.74) is 1.21. The highest BCUT2D eigenvalue weighted by molar-refractivity contribution is 7.90. The summed E-state index contributed by atoms with van der Waals surface area (Å²) in [7, 11) is -0.162. The van der Waals surface area contributed by atoms with Crippen LogP contribution >= 0.6 is 0 Å². The van der Waals surface area contributed by atoms with Crippen LogP contribution in [0.25, 0.3) is 0 Å². The van der Waals surface area contributed by atoms with Crippen LogP contribution in [0.5, 0.6) is 5.75 Å². The molecular weight excluding hydrogens is 535 g/mol. The van der Waals surface area contributed by atoms with Crippen molar-refractivity contribution in [2.75, 3.05) is 38.6 Å². The molecule has 9 nitrogen and oxygen atoms in total. The highest BCUT2D eigenvalue weighted by Gasteiger charge is 2.35. The van der Waals surface area contributed by atoms with Crippen LogP contribution in [-0.4, -0.2) is 69.8 Å². The van der Waals surface area contributed by atoms with E-state index in [4.69, 9.17) is 4.74 Å². The third-order valence-electron chi connectivity index (χ3n) is 6.25. The van der Waals surface area contributed by atoms with Gasteiger partial charge in [0.2, 0.25) is 11.8 Å². The van der Waals surface area contributed by atoms with Gasteiger partial charge in [0.05, 0.1) is 12.8 Å². The van der Waals surface area contributed by atoms with Crippen LogP contribution in [-0.2, 0) is 32.8 Å². The number of carbonyl (C=O) groups is 2. The lowest BCUT2D eigenvalue weighted by atomic mass is 10.0. The normalized spacial score (nSPS) is 12.1. The van der Waals surface area contributed by atoms with E-state index in [-0.39, 0.29) is 18.7 Å². The Labute approximate surface area is 235 Å². The molecule has 0 spiro atoms. The average molecular weight is 571 g/mol. The number of halogens is 1. The molecule has 0 unspecified atom stereocenters. The first kappa shape index (κ1) is 30.6. The lowest BCUT2D eigenvalue weighted by Gasteiger charge is -2.34. The van der Waals surface area contributed by atoms with Gasteiger partial charge in [0.15, 0.2) is 0 Å². The number of methoxy groups -OCH3 is 1. The molecule has 1 N–H and O–H groups in total. The summed E-state index contributed by atoms with van der Waals surface area (Å²) in [5, 5.41) is 2.79. The standard InChI is InChI=1S/C29H35FN4O5S/c1-5-31-29(36)27(19-22-12-7-6-8-13-22)33(20-23-14-11-15-24(18-23)39-4)28(35)21-34(40(37,38)32(2)3)26-17-10-9-16-25(26)30/h6-18,27H,5,19-21H2,1-4H3,(H,31,36)/t27-/m1/s1. The van der Waals surface area contributed by atoms with Gasteiger partial charge in [0, 0.05) is 33.6 Å². The number of anilines is 1. The number of likely N-dealkylation sites (N-methyl/N-ethyl adjacent to an activating group) is 1. The van der Waals surface area contributed by atoms with Crippen LogP contribution in [0, 0.1) is 5.82 Å². The van der Waals surface area contributed by atoms with Gasteiger partial charge in [0.1, 0.15) is 24.2 Å². The van der Waals surface area contributed by atoms with E-state index in [1.165, 1.54) is 44.3 Å². The van der Waals surface area contributed by atoms with Gasteiger partial charge in [-0.15, -0.1) is 0 Å². The minimum atomic E-state index is -4.28. The van der Waals surface area contributed by atoms with Gasteiger partial charge in [-0.25, -0.2) is 8.70 Å². The van der Waals surface area contributed by atoms with Crippen molar-refractivity contribution in [3.63, 3.8) is 0 Å². The number of para-hydroxylation sites is 1. The number of ether oxygens (including phenoxy) is 1. The number of nitrogens with one attached hydrogen (secondary N) is 1. The predicted octanol–water partition coefficient (Wildman–Crippen LogP) is 3.22. The second-order valence-electron chi connectivity index (χ2n) is 9.22. The van der Waals surface area contributed by atoms with Gasteiger partial charge in [-0.1, -0.05) is 54.6 Å². The Morgan fingerprint density at radius 3 is 2.23 bits per heavy atom. The van der Waals surface area contributed by atoms with Crippen molar-refractivity contribution in [2.45, 2.75) is 25.9 Å². The van der Waals surface area contributed by atoms with Crippen LogP contribution in [0.4, 0.5) is 10.1 Å². The Morgan fingerprint density at radius 1 is 0.950 bits per heavy atom. The SMILES string of the molecule is CCNC(=O)[C@@H](Cc1ccccc1)N(Cc1cccc(OC)c1)C(=O)CN(c1ccccc1F)S(=O)(=O)N(C)C. The van der Waals surface area contributed by atoms with Gasteiger partial charge in [-0.3, -0.25) is 9.59 Å². The monoisotopic (exact) mass is 570 g/mol. The summed E-state index contributed by atoms with van der Waals surface area (Å²) in [4.78, 5) is 28.8. The van der Waals surface area contributed by atoms with Crippen molar-refractivity contribution in [1.82, 2.24) is 14.5 Å². The molecule has 40 heavy (non-hydrogen) atoms. The van der Waals surface area contributed by atoms with E-state index in [0.29, 0.717) is 17.9 Å². The van der Waals surface area contributed by atoms with Crippen LogP contribution in [0.15, 0.2) is 78.9 Å². The van der Waals surface area contributed by atoms with Crippen molar-refractivity contribution in [1.29, 1.82) is 0 Å². The number of hydrogen-bond donors (Lipinski definition) is 1. The zero-order valence-corrected chi connectivity index (χ0v) is 23.9. The third-order valence-corrected chi connectivity index (χ3v) is 8.05. The summed E-state index contributed by atoms with van der Waals surface area (Å²) in [6, 6.07) is 20.6. The largest absolute Gasteiger partial charge is 0.497 e. The van der Waals surface area contributed by atoms with Gasteiger partial charge < -0.3 is 15.0 Å².